The largest absolute Gasteiger partial charge is 0.433 e. The highest BCUT2D eigenvalue weighted by atomic mass is 19.4. The molecule has 2 aromatic rings. The van der Waals surface area contributed by atoms with E-state index in [-0.39, 0.29) is 11.5 Å². The Morgan fingerprint density at radius 3 is 2.60 bits per heavy atom. The molecule has 0 saturated carbocycles. The second-order valence-corrected chi connectivity index (χ2v) is 6.77. The predicted octanol–water partition coefficient (Wildman–Crippen LogP) is 2.39. The Balaban J connectivity index is 1.98. The van der Waals surface area contributed by atoms with Gasteiger partial charge < -0.3 is 10.6 Å². The van der Waals surface area contributed by atoms with Crippen LogP contribution in [0, 0.1) is 5.82 Å². The van der Waals surface area contributed by atoms with Gasteiger partial charge in [0.15, 0.2) is 5.96 Å². The number of aliphatic imine (C=N–C) groups is 1. The molecule has 1 amide bonds. The van der Waals surface area contributed by atoms with E-state index in [0.29, 0.717) is 24.3 Å². The molecule has 0 fully saturated rings. The Kier molecular flexibility index (Phi) is 4.48. The Hall–Kier alpha value is -3.50. The molecule has 3 heterocycles. The number of benzene rings is 1. The molecule has 0 spiro atoms. The van der Waals surface area contributed by atoms with Gasteiger partial charge in [0, 0.05) is 24.6 Å². The van der Waals surface area contributed by atoms with E-state index < -0.39 is 34.8 Å². The second kappa shape index (κ2) is 6.78. The standard InChI is InChI=1S/C19H15F4N5O2/c1-28-16(29)18(26-17(28)24,14-3-2-4-15(25-14)19(21,22)23)11-9-10(5-6-12(11)20)13-7-8-30-27-13/h2-6,9H,7-8H2,1H3,(H2,24,26). The molecule has 0 radical (unpaired) electrons. The number of guanidine groups is 1. The van der Waals surface area contributed by atoms with Crippen LogP contribution in [0.1, 0.15) is 28.9 Å². The molecule has 2 aliphatic rings. The fraction of sp³-hybridized carbons (Fsp3) is 0.263. The summed E-state index contributed by atoms with van der Waals surface area (Å²) in [7, 11) is 1.30. The quantitative estimate of drug-likeness (QED) is 0.771. The van der Waals surface area contributed by atoms with Crippen molar-refractivity contribution in [3.8, 4) is 0 Å². The van der Waals surface area contributed by atoms with Crippen LogP contribution in [0.25, 0.3) is 0 Å². The van der Waals surface area contributed by atoms with Gasteiger partial charge in [-0.1, -0.05) is 17.3 Å². The van der Waals surface area contributed by atoms with E-state index in [1.54, 1.807) is 0 Å². The lowest BCUT2D eigenvalue weighted by Gasteiger charge is -2.26. The summed E-state index contributed by atoms with van der Waals surface area (Å²) >= 11 is 0. The van der Waals surface area contributed by atoms with E-state index in [4.69, 9.17) is 10.6 Å². The number of carbonyl (C=O) groups is 1. The summed E-state index contributed by atoms with van der Waals surface area (Å²) in [4.78, 5) is 26.8. The van der Waals surface area contributed by atoms with Gasteiger partial charge in [-0.2, -0.15) is 13.2 Å². The minimum atomic E-state index is -4.77. The third-order valence-electron chi connectivity index (χ3n) is 4.94. The topological polar surface area (TPSA) is 93.2 Å². The minimum Gasteiger partial charge on any atom is -0.395 e. The van der Waals surface area contributed by atoms with Crippen molar-refractivity contribution in [1.82, 2.24) is 9.88 Å². The molecular formula is C19H15F4N5O2. The lowest BCUT2D eigenvalue weighted by Crippen LogP contribution is -2.42. The van der Waals surface area contributed by atoms with Crippen LogP contribution in [-0.2, 0) is 21.3 Å². The van der Waals surface area contributed by atoms with Gasteiger partial charge >= 0.3 is 6.18 Å². The van der Waals surface area contributed by atoms with Gasteiger partial charge in [-0.3, -0.25) is 9.69 Å². The zero-order chi connectivity index (χ0) is 21.7. The Bertz CT molecular complexity index is 1100. The van der Waals surface area contributed by atoms with E-state index in [1.165, 1.54) is 25.2 Å². The number of nitrogens with zero attached hydrogens (tertiary/aromatic N) is 4. The number of amides is 1. The molecule has 1 atom stereocenters. The van der Waals surface area contributed by atoms with Crippen molar-refractivity contribution in [2.75, 3.05) is 13.7 Å². The van der Waals surface area contributed by atoms with Crippen LogP contribution in [0.2, 0.25) is 0 Å². The van der Waals surface area contributed by atoms with Crippen molar-refractivity contribution in [2.45, 2.75) is 18.1 Å². The Labute approximate surface area is 167 Å². The summed E-state index contributed by atoms with van der Waals surface area (Å²) in [6.45, 7) is 0.342. The average molecular weight is 421 g/mol. The SMILES string of the molecule is CN1C(=O)C(c2cccc(C(F)(F)F)n2)(c2cc(C3=NOCC3)ccc2F)N=C1N. The van der Waals surface area contributed by atoms with E-state index in [1.807, 2.05) is 0 Å². The van der Waals surface area contributed by atoms with Crippen molar-refractivity contribution >= 4 is 17.6 Å². The van der Waals surface area contributed by atoms with E-state index in [0.717, 1.165) is 23.1 Å². The Morgan fingerprint density at radius 2 is 2.00 bits per heavy atom. The summed E-state index contributed by atoms with van der Waals surface area (Å²) in [5.41, 5.74) is 2.64. The van der Waals surface area contributed by atoms with Crippen molar-refractivity contribution in [2.24, 2.45) is 15.9 Å². The number of rotatable bonds is 3. The van der Waals surface area contributed by atoms with E-state index in [9.17, 15) is 22.4 Å². The lowest BCUT2D eigenvalue weighted by atomic mass is 9.84. The van der Waals surface area contributed by atoms with Crippen molar-refractivity contribution in [3.63, 3.8) is 0 Å². The molecule has 7 nitrogen and oxygen atoms in total. The number of pyridine rings is 1. The van der Waals surface area contributed by atoms with Crippen molar-refractivity contribution in [1.29, 1.82) is 0 Å². The van der Waals surface area contributed by atoms with Gasteiger partial charge in [0.1, 0.15) is 18.1 Å². The molecule has 1 unspecified atom stereocenters. The van der Waals surface area contributed by atoms with Crippen LogP contribution in [0.5, 0.6) is 0 Å². The van der Waals surface area contributed by atoms with Gasteiger partial charge in [0.25, 0.3) is 5.91 Å². The molecule has 0 saturated heterocycles. The van der Waals surface area contributed by atoms with Crippen LogP contribution in [0.15, 0.2) is 46.5 Å². The van der Waals surface area contributed by atoms with Crippen molar-refractivity contribution in [3.05, 3.63) is 64.7 Å². The average Bonchev–Trinajstić information content (AvgIpc) is 3.32. The lowest BCUT2D eigenvalue weighted by molar-refractivity contribution is -0.141. The van der Waals surface area contributed by atoms with Crippen LogP contribution in [0.4, 0.5) is 17.6 Å². The fourth-order valence-electron chi connectivity index (χ4n) is 3.41. The van der Waals surface area contributed by atoms with Gasteiger partial charge in [0.05, 0.1) is 11.4 Å². The van der Waals surface area contributed by atoms with Crippen LogP contribution >= 0.6 is 0 Å². The zero-order valence-electron chi connectivity index (χ0n) is 15.6. The molecule has 1 aromatic heterocycles. The van der Waals surface area contributed by atoms with Gasteiger partial charge in [-0.15, -0.1) is 0 Å². The number of oxime groups is 1. The highest BCUT2D eigenvalue weighted by Crippen LogP contribution is 2.41. The van der Waals surface area contributed by atoms with Crippen LogP contribution < -0.4 is 5.73 Å². The molecule has 30 heavy (non-hydrogen) atoms. The number of hydrogen-bond acceptors (Lipinski definition) is 6. The molecule has 0 bridgehead atoms. The maximum atomic E-state index is 15.0. The number of halogens is 4. The number of hydrogen-bond donors (Lipinski definition) is 1. The van der Waals surface area contributed by atoms with Crippen LogP contribution in [-0.4, -0.2) is 41.1 Å². The summed E-state index contributed by atoms with van der Waals surface area (Å²) in [6, 6.07) is 6.88. The minimum absolute atomic E-state index is 0.273. The number of carbonyl (C=O) groups excluding carboxylic acids is 1. The first-order valence-electron chi connectivity index (χ1n) is 8.82. The summed E-state index contributed by atoms with van der Waals surface area (Å²) in [6.07, 6.45) is -4.31. The van der Waals surface area contributed by atoms with Crippen LogP contribution in [0.3, 0.4) is 0 Å². The highest BCUT2D eigenvalue weighted by Gasteiger charge is 2.53. The molecule has 0 aliphatic carbocycles. The number of nitrogens with two attached hydrogens (primary N) is 1. The van der Waals surface area contributed by atoms with E-state index >= 15 is 0 Å². The zero-order valence-corrected chi connectivity index (χ0v) is 15.6. The monoisotopic (exact) mass is 421 g/mol. The third kappa shape index (κ3) is 2.97. The fourth-order valence-corrected chi connectivity index (χ4v) is 3.41. The predicted molar refractivity (Wildman–Crippen MR) is 97.9 cm³/mol. The second-order valence-electron chi connectivity index (χ2n) is 6.77. The van der Waals surface area contributed by atoms with E-state index in [2.05, 4.69) is 15.1 Å². The maximum absolute atomic E-state index is 15.0. The first kappa shape index (κ1) is 19.8. The molecular weight excluding hydrogens is 406 g/mol. The van der Waals surface area contributed by atoms with Gasteiger partial charge in [-0.25, -0.2) is 14.4 Å². The number of likely N-dealkylation sites (N-methyl/N-ethyl adjacent to an activating group) is 1. The molecule has 2 N–H and O–H groups in total. The first-order valence-corrected chi connectivity index (χ1v) is 8.82. The summed E-state index contributed by atoms with van der Waals surface area (Å²) < 4.78 is 54.8. The third-order valence-corrected chi connectivity index (χ3v) is 4.94. The number of alkyl halides is 3. The van der Waals surface area contributed by atoms with Crippen molar-refractivity contribution < 1.29 is 27.2 Å². The molecule has 2 aliphatic heterocycles. The molecule has 11 heteroatoms. The smallest absolute Gasteiger partial charge is 0.395 e. The molecule has 4 rings (SSSR count). The highest BCUT2D eigenvalue weighted by molar-refractivity contribution is 6.09. The normalized spacial score (nSPS) is 21.5. The summed E-state index contributed by atoms with van der Waals surface area (Å²) in [5.74, 6) is -1.95. The summed E-state index contributed by atoms with van der Waals surface area (Å²) in [5, 5.41) is 3.87. The first-order chi connectivity index (χ1) is 14.1. The molecule has 156 valence electrons. The Morgan fingerprint density at radius 1 is 1.23 bits per heavy atom. The maximum Gasteiger partial charge on any atom is 0.433 e. The van der Waals surface area contributed by atoms with Gasteiger partial charge in [-0.05, 0) is 24.3 Å². The van der Waals surface area contributed by atoms with Gasteiger partial charge in [0.2, 0.25) is 5.54 Å². The number of aromatic nitrogens is 1. The molecule has 1 aromatic carbocycles.